The second kappa shape index (κ2) is 8.53. The number of amides is 1. The summed E-state index contributed by atoms with van der Waals surface area (Å²) in [4.78, 5) is 17.2. The minimum Gasteiger partial charge on any atom is -0.322 e. The van der Waals surface area contributed by atoms with Gasteiger partial charge < -0.3 is 9.72 Å². The molecule has 164 valence electrons. The molecule has 0 saturated carbocycles. The van der Waals surface area contributed by atoms with Crippen molar-refractivity contribution in [1.29, 1.82) is 0 Å². The van der Waals surface area contributed by atoms with E-state index in [0.29, 0.717) is 16.9 Å². The average molecular weight is 475 g/mol. The van der Waals surface area contributed by atoms with E-state index in [1.165, 1.54) is 6.07 Å². The van der Waals surface area contributed by atoms with E-state index in [4.69, 9.17) is 0 Å². The number of aromatic nitrogens is 2. The standard InChI is InChI=1S/C24H18N4O3S2/c29-24(18-8-12-20(13-9-18)27-33(30,31)23-5-3-15-32-23)25-19-10-6-17(7-11-19)21-16-28-14-2-1-4-22(28)26-21/h1-16,27H,(H,25,29). The smallest absolute Gasteiger partial charge is 0.271 e. The van der Waals surface area contributed by atoms with Crippen molar-refractivity contribution in [3.63, 3.8) is 0 Å². The Balaban J connectivity index is 1.25. The number of benzene rings is 2. The molecule has 0 atom stereocenters. The lowest BCUT2D eigenvalue weighted by Crippen LogP contribution is -2.13. The molecular formula is C24H18N4O3S2. The predicted octanol–water partition coefficient (Wildman–Crippen LogP) is 5.12. The number of carbonyl (C=O) groups excluding carboxylic acids is 1. The fourth-order valence-electron chi connectivity index (χ4n) is 3.31. The minimum absolute atomic E-state index is 0.233. The number of anilines is 2. The third-order valence-corrected chi connectivity index (χ3v) is 7.74. The lowest BCUT2D eigenvalue weighted by Gasteiger charge is -2.08. The third kappa shape index (κ3) is 4.50. The van der Waals surface area contributed by atoms with E-state index in [1.807, 2.05) is 59.3 Å². The largest absolute Gasteiger partial charge is 0.322 e. The van der Waals surface area contributed by atoms with Crippen molar-refractivity contribution in [2.24, 2.45) is 0 Å². The van der Waals surface area contributed by atoms with E-state index in [-0.39, 0.29) is 10.1 Å². The predicted molar refractivity (Wildman–Crippen MR) is 130 cm³/mol. The highest BCUT2D eigenvalue weighted by molar-refractivity contribution is 7.94. The molecule has 0 aliphatic heterocycles. The molecular weight excluding hydrogens is 456 g/mol. The van der Waals surface area contributed by atoms with Crippen LogP contribution in [0.3, 0.4) is 0 Å². The van der Waals surface area contributed by atoms with Gasteiger partial charge in [-0.2, -0.15) is 0 Å². The molecule has 0 aliphatic carbocycles. The average Bonchev–Trinajstić information content (AvgIpc) is 3.50. The maximum absolute atomic E-state index is 12.6. The first-order valence-electron chi connectivity index (χ1n) is 10.00. The Morgan fingerprint density at radius 1 is 0.879 bits per heavy atom. The molecule has 0 unspecified atom stereocenters. The number of fused-ring (bicyclic) bond motifs is 1. The molecule has 0 spiro atoms. The lowest BCUT2D eigenvalue weighted by atomic mass is 10.1. The molecule has 0 saturated heterocycles. The van der Waals surface area contributed by atoms with Gasteiger partial charge in [0.2, 0.25) is 0 Å². The normalized spacial score (nSPS) is 11.4. The van der Waals surface area contributed by atoms with Gasteiger partial charge in [0.1, 0.15) is 9.86 Å². The molecule has 3 aromatic heterocycles. The summed E-state index contributed by atoms with van der Waals surface area (Å²) in [6.07, 6.45) is 3.90. The molecule has 5 aromatic rings. The lowest BCUT2D eigenvalue weighted by molar-refractivity contribution is 0.102. The Labute approximate surface area is 194 Å². The minimum atomic E-state index is -3.63. The first-order valence-corrected chi connectivity index (χ1v) is 12.4. The Morgan fingerprint density at radius 2 is 1.64 bits per heavy atom. The van der Waals surface area contributed by atoms with Gasteiger partial charge in [-0.05, 0) is 60.0 Å². The van der Waals surface area contributed by atoms with Crippen LogP contribution in [0.2, 0.25) is 0 Å². The number of thiophene rings is 1. The number of sulfonamides is 1. The van der Waals surface area contributed by atoms with Crippen molar-refractivity contribution >= 4 is 44.3 Å². The van der Waals surface area contributed by atoms with Gasteiger partial charge in [0, 0.05) is 34.9 Å². The van der Waals surface area contributed by atoms with Crippen LogP contribution in [0, 0.1) is 0 Å². The Kier molecular flexibility index (Phi) is 5.41. The van der Waals surface area contributed by atoms with Crippen LogP contribution in [-0.4, -0.2) is 23.7 Å². The maximum atomic E-state index is 12.6. The summed E-state index contributed by atoms with van der Waals surface area (Å²) < 4.78 is 29.3. The van der Waals surface area contributed by atoms with Gasteiger partial charge in [-0.3, -0.25) is 9.52 Å². The highest BCUT2D eigenvalue weighted by Gasteiger charge is 2.15. The van der Waals surface area contributed by atoms with Crippen molar-refractivity contribution < 1.29 is 13.2 Å². The van der Waals surface area contributed by atoms with Gasteiger partial charge in [0.15, 0.2) is 0 Å². The Morgan fingerprint density at radius 3 is 2.33 bits per heavy atom. The SMILES string of the molecule is O=C(Nc1ccc(-c2cn3ccccc3n2)cc1)c1ccc(NS(=O)(=O)c2cccs2)cc1. The molecule has 0 bridgehead atoms. The Hall–Kier alpha value is -3.95. The summed E-state index contributed by atoms with van der Waals surface area (Å²) in [5.41, 5.74) is 4.11. The van der Waals surface area contributed by atoms with Crippen molar-refractivity contribution in [1.82, 2.24) is 9.38 Å². The van der Waals surface area contributed by atoms with Crippen LogP contribution in [0.4, 0.5) is 11.4 Å². The van der Waals surface area contributed by atoms with Gasteiger partial charge in [0.25, 0.3) is 15.9 Å². The quantitative estimate of drug-likeness (QED) is 0.357. The van der Waals surface area contributed by atoms with Crippen LogP contribution >= 0.6 is 11.3 Å². The number of rotatable bonds is 6. The number of carbonyl (C=O) groups is 1. The van der Waals surface area contributed by atoms with Crippen molar-refractivity contribution in [3.8, 4) is 11.3 Å². The summed E-state index contributed by atoms with van der Waals surface area (Å²) in [6.45, 7) is 0. The molecule has 0 aliphatic rings. The molecule has 2 N–H and O–H groups in total. The van der Waals surface area contributed by atoms with E-state index < -0.39 is 10.0 Å². The Bertz CT molecular complexity index is 1490. The summed E-state index contributed by atoms with van der Waals surface area (Å²) in [5, 5.41) is 4.55. The summed E-state index contributed by atoms with van der Waals surface area (Å²) in [6, 6.07) is 22.8. The van der Waals surface area contributed by atoms with E-state index in [9.17, 15) is 13.2 Å². The number of nitrogens with zero attached hydrogens (tertiary/aromatic N) is 2. The van der Waals surface area contributed by atoms with Crippen LogP contribution in [0.25, 0.3) is 16.9 Å². The molecule has 5 rings (SSSR count). The fraction of sp³-hybridized carbons (Fsp3) is 0. The van der Waals surface area contributed by atoms with Crippen LogP contribution in [0.1, 0.15) is 10.4 Å². The van der Waals surface area contributed by atoms with Gasteiger partial charge in [-0.1, -0.05) is 24.3 Å². The fourth-order valence-corrected chi connectivity index (χ4v) is 5.36. The summed E-state index contributed by atoms with van der Waals surface area (Å²) >= 11 is 1.14. The first-order chi connectivity index (χ1) is 16.0. The molecule has 2 aromatic carbocycles. The zero-order valence-electron chi connectivity index (χ0n) is 17.2. The molecule has 7 nitrogen and oxygen atoms in total. The molecule has 0 fully saturated rings. The van der Waals surface area contributed by atoms with Gasteiger partial charge >= 0.3 is 0 Å². The molecule has 3 heterocycles. The number of pyridine rings is 1. The van der Waals surface area contributed by atoms with Crippen molar-refractivity contribution in [2.45, 2.75) is 4.21 Å². The van der Waals surface area contributed by atoms with E-state index in [0.717, 1.165) is 28.2 Å². The summed E-state index contributed by atoms with van der Waals surface area (Å²) in [5.74, 6) is -0.289. The zero-order chi connectivity index (χ0) is 22.8. The number of nitrogens with one attached hydrogen (secondary N) is 2. The second-order valence-corrected chi connectivity index (χ2v) is 10.1. The van der Waals surface area contributed by atoms with E-state index >= 15 is 0 Å². The van der Waals surface area contributed by atoms with Crippen molar-refractivity contribution in [2.75, 3.05) is 10.0 Å². The third-order valence-electron chi connectivity index (χ3n) is 4.96. The highest BCUT2D eigenvalue weighted by Crippen LogP contribution is 2.23. The van der Waals surface area contributed by atoms with Gasteiger partial charge in [-0.25, -0.2) is 13.4 Å². The van der Waals surface area contributed by atoms with Crippen LogP contribution in [0.15, 0.2) is 101 Å². The van der Waals surface area contributed by atoms with Crippen LogP contribution in [-0.2, 0) is 10.0 Å². The van der Waals surface area contributed by atoms with E-state index in [2.05, 4.69) is 15.0 Å². The number of hydrogen-bond donors (Lipinski definition) is 2. The zero-order valence-corrected chi connectivity index (χ0v) is 18.8. The molecule has 1 amide bonds. The monoisotopic (exact) mass is 474 g/mol. The van der Waals surface area contributed by atoms with Gasteiger partial charge in [0.05, 0.1) is 5.69 Å². The maximum Gasteiger partial charge on any atom is 0.271 e. The second-order valence-electron chi connectivity index (χ2n) is 7.24. The van der Waals surface area contributed by atoms with Crippen LogP contribution < -0.4 is 10.0 Å². The van der Waals surface area contributed by atoms with E-state index in [1.54, 1.807) is 35.7 Å². The first kappa shape index (κ1) is 20.9. The molecule has 33 heavy (non-hydrogen) atoms. The highest BCUT2D eigenvalue weighted by atomic mass is 32.2. The van der Waals surface area contributed by atoms with Gasteiger partial charge in [-0.15, -0.1) is 11.3 Å². The molecule has 0 radical (unpaired) electrons. The van der Waals surface area contributed by atoms with Crippen molar-refractivity contribution in [3.05, 3.63) is 102 Å². The van der Waals surface area contributed by atoms with Crippen LogP contribution in [0.5, 0.6) is 0 Å². The topological polar surface area (TPSA) is 92.6 Å². The number of hydrogen-bond acceptors (Lipinski definition) is 5. The number of imidazole rings is 1. The summed E-state index contributed by atoms with van der Waals surface area (Å²) in [7, 11) is -3.63. The molecule has 9 heteroatoms.